The molecule has 3 atom stereocenters. The number of hydrogen-bond donors (Lipinski definition) is 3. The fourth-order valence-corrected chi connectivity index (χ4v) is 4.48. The van der Waals surface area contributed by atoms with Crippen LogP contribution in [0.1, 0.15) is 55.8 Å². The summed E-state index contributed by atoms with van der Waals surface area (Å²) in [4.78, 5) is 40.6. The highest BCUT2D eigenvalue weighted by molar-refractivity contribution is 5.91. The second kappa shape index (κ2) is 13.0. The molecule has 0 radical (unpaired) electrons. The Labute approximate surface area is 208 Å². The zero-order valence-electron chi connectivity index (χ0n) is 21.0. The lowest BCUT2D eigenvalue weighted by Gasteiger charge is -2.30. The highest BCUT2D eigenvalue weighted by Crippen LogP contribution is 2.29. The zero-order valence-corrected chi connectivity index (χ0v) is 21.0. The van der Waals surface area contributed by atoms with Crippen molar-refractivity contribution in [2.45, 2.75) is 64.1 Å². The summed E-state index contributed by atoms with van der Waals surface area (Å²) in [6.45, 7) is 3.96. The minimum absolute atomic E-state index is 0.0434. The second-order valence-electron chi connectivity index (χ2n) is 9.19. The van der Waals surface area contributed by atoms with Crippen molar-refractivity contribution in [1.29, 1.82) is 0 Å². The average Bonchev–Trinajstić information content (AvgIpc) is 2.89. The van der Waals surface area contributed by atoms with Gasteiger partial charge in [-0.2, -0.15) is 0 Å². The highest BCUT2D eigenvalue weighted by Gasteiger charge is 2.28. The first-order valence-corrected chi connectivity index (χ1v) is 12.6. The van der Waals surface area contributed by atoms with Crippen molar-refractivity contribution < 1.29 is 14.4 Å². The number of likely N-dealkylation sites (N-methyl/N-ethyl adjacent to an activating group) is 1. The molecule has 0 heterocycles. The molecule has 2 aromatic carbocycles. The summed E-state index contributed by atoms with van der Waals surface area (Å²) in [5, 5.41) is 8.89. The molecule has 7 nitrogen and oxygen atoms in total. The molecule has 0 spiro atoms. The number of carbonyl (C=O) groups is 3. The predicted octanol–water partition coefficient (Wildman–Crippen LogP) is 2.75. The van der Waals surface area contributed by atoms with Crippen LogP contribution in [-0.2, 0) is 27.2 Å². The third kappa shape index (κ3) is 7.39. The Bertz CT molecular complexity index is 995. The van der Waals surface area contributed by atoms with Crippen LogP contribution in [-0.4, -0.2) is 54.8 Å². The molecule has 3 N–H and O–H groups in total. The van der Waals surface area contributed by atoms with Gasteiger partial charge in [-0.05, 0) is 62.8 Å². The Balaban J connectivity index is 1.71. The lowest BCUT2D eigenvalue weighted by Crippen LogP contribution is -2.54. The van der Waals surface area contributed by atoms with Crippen molar-refractivity contribution in [2.75, 3.05) is 20.1 Å². The van der Waals surface area contributed by atoms with Crippen molar-refractivity contribution in [3.8, 4) is 0 Å². The van der Waals surface area contributed by atoms with Crippen molar-refractivity contribution in [3.63, 3.8) is 0 Å². The maximum absolute atomic E-state index is 13.5. The molecule has 1 aliphatic carbocycles. The number of fused-ring (bicyclic) bond motifs is 1. The van der Waals surface area contributed by atoms with E-state index in [0.29, 0.717) is 19.4 Å². The average molecular weight is 479 g/mol. The number of amides is 3. The van der Waals surface area contributed by atoms with Crippen LogP contribution in [0.4, 0.5) is 0 Å². The van der Waals surface area contributed by atoms with Gasteiger partial charge in [-0.3, -0.25) is 14.4 Å². The molecule has 0 saturated heterocycles. The van der Waals surface area contributed by atoms with Crippen LogP contribution < -0.4 is 16.0 Å². The summed E-state index contributed by atoms with van der Waals surface area (Å²) in [7, 11) is 1.70. The van der Waals surface area contributed by atoms with E-state index in [4.69, 9.17) is 0 Å². The van der Waals surface area contributed by atoms with Crippen molar-refractivity contribution >= 4 is 17.7 Å². The topological polar surface area (TPSA) is 90.5 Å². The normalized spacial score (nSPS) is 16.5. The van der Waals surface area contributed by atoms with Crippen LogP contribution in [0.15, 0.2) is 54.6 Å². The summed E-state index contributed by atoms with van der Waals surface area (Å²) in [5.74, 6) is -0.656. The number of hydrogen-bond acceptors (Lipinski definition) is 4. The molecule has 1 aliphatic rings. The molecule has 0 saturated carbocycles. The Kier molecular flexibility index (Phi) is 9.85. The molecule has 0 bridgehead atoms. The summed E-state index contributed by atoms with van der Waals surface area (Å²) in [6.07, 6.45) is 4.00. The lowest BCUT2D eigenvalue weighted by atomic mass is 9.88. The third-order valence-corrected chi connectivity index (χ3v) is 6.71. The molecule has 0 aromatic heterocycles. The van der Waals surface area contributed by atoms with E-state index in [0.717, 1.165) is 30.4 Å². The maximum Gasteiger partial charge on any atom is 0.245 e. The van der Waals surface area contributed by atoms with Gasteiger partial charge in [0.25, 0.3) is 0 Å². The van der Waals surface area contributed by atoms with Gasteiger partial charge in [0, 0.05) is 6.54 Å². The van der Waals surface area contributed by atoms with Gasteiger partial charge in [0.15, 0.2) is 0 Å². The SMILES string of the molecule is CCC(NC(=O)C(C)NC)C(=O)N(CCc1ccccc1)CC(=O)NC1CCCc2ccccc21. The molecule has 3 amide bonds. The van der Waals surface area contributed by atoms with Gasteiger partial charge in [-0.25, -0.2) is 0 Å². The van der Waals surface area contributed by atoms with Crippen molar-refractivity contribution in [1.82, 2.24) is 20.9 Å². The first-order valence-electron chi connectivity index (χ1n) is 12.6. The van der Waals surface area contributed by atoms with Gasteiger partial charge in [-0.15, -0.1) is 0 Å². The fraction of sp³-hybridized carbons (Fsp3) is 0.464. The van der Waals surface area contributed by atoms with E-state index >= 15 is 0 Å². The smallest absolute Gasteiger partial charge is 0.245 e. The molecule has 3 unspecified atom stereocenters. The van der Waals surface area contributed by atoms with E-state index in [2.05, 4.69) is 28.1 Å². The largest absolute Gasteiger partial charge is 0.348 e. The van der Waals surface area contributed by atoms with Crippen molar-refractivity contribution in [2.24, 2.45) is 0 Å². The zero-order chi connectivity index (χ0) is 25.2. The number of benzene rings is 2. The molecule has 7 heteroatoms. The monoisotopic (exact) mass is 478 g/mol. The van der Waals surface area contributed by atoms with Crippen LogP contribution in [0.3, 0.4) is 0 Å². The van der Waals surface area contributed by atoms with E-state index in [1.807, 2.05) is 49.4 Å². The molecule has 188 valence electrons. The maximum atomic E-state index is 13.5. The summed E-state index contributed by atoms with van der Waals surface area (Å²) < 4.78 is 0. The molecular formula is C28H38N4O3. The van der Waals surface area contributed by atoms with Gasteiger partial charge in [0.2, 0.25) is 17.7 Å². The number of carbonyl (C=O) groups excluding carboxylic acids is 3. The molecular weight excluding hydrogens is 440 g/mol. The summed E-state index contributed by atoms with van der Waals surface area (Å²) >= 11 is 0. The predicted molar refractivity (Wildman–Crippen MR) is 138 cm³/mol. The second-order valence-corrected chi connectivity index (χ2v) is 9.19. The first-order chi connectivity index (χ1) is 16.9. The minimum atomic E-state index is -0.683. The highest BCUT2D eigenvalue weighted by atomic mass is 16.2. The van der Waals surface area contributed by atoms with E-state index in [1.165, 1.54) is 5.56 Å². The standard InChI is InChI=1S/C28H38N4O3/c1-4-24(31-27(34)20(2)29-3)28(35)32(18-17-21-11-6-5-7-12-21)19-26(33)30-25-16-10-14-22-13-8-9-15-23(22)25/h5-9,11-13,15,20,24-25,29H,4,10,14,16-19H2,1-3H3,(H,30,33)(H,31,34). The fourth-order valence-electron chi connectivity index (χ4n) is 4.48. The van der Waals surface area contributed by atoms with Gasteiger partial charge in [-0.1, -0.05) is 61.5 Å². The molecule has 2 aromatic rings. The molecule has 3 rings (SSSR count). The number of nitrogens with zero attached hydrogens (tertiary/aromatic N) is 1. The van der Waals surface area contributed by atoms with Gasteiger partial charge >= 0.3 is 0 Å². The van der Waals surface area contributed by atoms with E-state index in [9.17, 15) is 14.4 Å². The molecule has 35 heavy (non-hydrogen) atoms. The summed E-state index contributed by atoms with van der Waals surface area (Å²) in [5.41, 5.74) is 3.52. The quantitative estimate of drug-likeness (QED) is 0.463. The van der Waals surface area contributed by atoms with Crippen LogP contribution >= 0.6 is 0 Å². The number of nitrogens with one attached hydrogen (secondary N) is 3. The van der Waals surface area contributed by atoms with Crippen LogP contribution in [0.25, 0.3) is 0 Å². The van der Waals surface area contributed by atoms with Crippen molar-refractivity contribution in [3.05, 3.63) is 71.3 Å². The number of rotatable bonds is 11. The van der Waals surface area contributed by atoms with Crippen LogP contribution in [0, 0.1) is 0 Å². The Morgan fingerprint density at radius 1 is 1.06 bits per heavy atom. The van der Waals surface area contributed by atoms with Gasteiger partial charge in [0.05, 0.1) is 18.6 Å². The summed E-state index contributed by atoms with van der Waals surface area (Å²) in [6, 6.07) is 17.0. The van der Waals surface area contributed by atoms with Crippen LogP contribution in [0.5, 0.6) is 0 Å². The lowest BCUT2D eigenvalue weighted by molar-refractivity contribution is -0.140. The van der Waals surface area contributed by atoms with Gasteiger partial charge < -0.3 is 20.9 Å². The third-order valence-electron chi connectivity index (χ3n) is 6.71. The Morgan fingerprint density at radius 3 is 2.49 bits per heavy atom. The van der Waals surface area contributed by atoms with Crippen LogP contribution in [0.2, 0.25) is 0 Å². The van der Waals surface area contributed by atoms with E-state index in [-0.39, 0.29) is 30.3 Å². The minimum Gasteiger partial charge on any atom is -0.348 e. The Hall–Kier alpha value is -3.19. The number of aryl methyl sites for hydroxylation is 1. The molecule has 0 aliphatic heterocycles. The Morgan fingerprint density at radius 2 is 1.77 bits per heavy atom. The first kappa shape index (κ1) is 26.4. The van der Waals surface area contributed by atoms with Gasteiger partial charge in [0.1, 0.15) is 6.04 Å². The van der Waals surface area contributed by atoms with E-state index < -0.39 is 12.1 Å². The van der Waals surface area contributed by atoms with E-state index in [1.54, 1.807) is 18.9 Å². The molecule has 0 fully saturated rings.